The average Bonchev–Trinajstić information content (AvgIpc) is 3.41. The van der Waals surface area contributed by atoms with E-state index in [-0.39, 0.29) is 34.0 Å². The van der Waals surface area contributed by atoms with Gasteiger partial charge in [0, 0.05) is 11.2 Å². The molecule has 0 amide bonds. The summed E-state index contributed by atoms with van der Waals surface area (Å²) in [6.07, 6.45) is 5.47. The number of carboxylic acid groups (broad SMARTS) is 1. The second-order valence-corrected chi connectivity index (χ2v) is 11.7. The number of carbonyl (C=O) groups excluding carboxylic acids is 1. The summed E-state index contributed by atoms with van der Waals surface area (Å²) in [5, 5.41) is 13.5. The maximum absolute atomic E-state index is 13.6. The maximum Gasteiger partial charge on any atom is 0.375 e. The predicted octanol–water partition coefficient (Wildman–Crippen LogP) is 7.71. The molecule has 0 aliphatic rings. The number of halogens is 7. The van der Waals surface area contributed by atoms with Crippen LogP contribution in [0.5, 0.6) is 17.4 Å². The van der Waals surface area contributed by atoms with Gasteiger partial charge in [0.15, 0.2) is 24.4 Å². The van der Waals surface area contributed by atoms with Crippen molar-refractivity contribution >= 4 is 81.5 Å². The number of carboxylic acids is 1. The second-order valence-electron chi connectivity index (χ2n) is 8.16. The fourth-order valence-corrected chi connectivity index (χ4v) is 4.06. The molecule has 230 valence electrons. The lowest BCUT2D eigenvalue weighted by Gasteiger charge is -2.13. The van der Waals surface area contributed by atoms with Crippen molar-refractivity contribution in [1.82, 2.24) is 19.7 Å². The first-order valence-electron chi connectivity index (χ1n) is 11.8. The van der Waals surface area contributed by atoms with Gasteiger partial charge in [-0.25, -0.2) is 28.6 Å². The number of rotatable bonds is 8. The van der Waals surface area contributed by atoms with Gasteiger partial charge >= 0.3 is 11.9 Å². The topological polar surface area (TPSA) is 126 Å². The zero-order valence-electron chi connectivity index (χ0n) is 22.0. The molecule has 1 N–H and O–H groups in total. The molecule has 0 spiro atoms. The zero-order valence-corrected chi connectivity index (χ0v) is 26.5. The first-order chi connectivity index (χ1) is 20.7. The smallest absolute Gasteiger partial charge is 0.375 e. The van der Waals surface area contributed by atoms with Crippen molar-refractivity contribution in [1.29, 1.82) is 0 Å². The summed E-state index contributed by atoms with van der Waals surface area (Å²) < 4.78 is 28.2. The lowest BCUT2D eigenvalue weighted by atomic mass is 10.3. The fourth-order valence-electron chi connectivity index (χ4n) is 3.06. The molecule has 0 radical (unpaired) electrons. The normalized spacial score (nSPS) is 11.4. The lowest BCUT2D eigenvalue weighted by Crippen LogP contribution is -2.26. The summed E-state index contributed by atoms with van der Waals surface area (Å²) in [5.41, 5.74) is 0.289. The number of esters is 1. The van der Waals surface area contributed by atoms with Gasteiger partial charge in [0.25, 0.3) is 11.7 Å². The molecule has 0 unspecified atom stereocenters. The summed E-state index contributed by atoms with van der Waals surface area (Å²) in [6, 6.07) is 11.8. The van der Waals surface area contributed by atoms with Crippen molar-refractivity contribution in [3.8, 4) is 35.4 Å². The van der Waals surface area contributed by atoms with Gasteiger partial charge in [-0.3, -0.25) is 0 Å². The molecule has 1 atom stereocenters. The summed E-state index contributed by atoms with van der Waals surface area (Å²) in [4.78, 5) is 29.9. The van der Waals surface area contributed by atoms with Crippen LogP contribution in [-0.2, 0) is 13.3 Å². The SMILES string of the molecule is C#CCOC(=O)[C@@H](C)Oc1ccc(Oc2ncc(Cl)cc2F)cc1.O=C(O)c1nc(C(Cl)(Cl)Cl)n(-c2ccc(Cl)cc2Cl)n1. The monoisotopic (exact) mass is 722 g/mol. The first kappa shape index (κ1) is 35.0. The summed E-state index contributed by atoms with van der Waals surface area (Å²) in [5.74, 6) is -0.545. The molecule has 44 heavy (non-hydrogen) atoms. The van der Waals surface area contributed by atoms with Crippen molar-refractivity contribution in [3.05, 3.63) is 87.3 Å². The molecule has 10 nitrogen and oxygen atoms in total. The number of aromatic nitrogens is 4. The Kier molecular flexibility index (Phi) is 12.3. The van der Waals surface area contributed by atoms with Gasteiger partial charge in [0.2, 0.25) is 3.79 Å². The van der Waals surface area contributed by atoms with Crippen molar-refractivity contribution in [2.75, 3.05) is 6.61 Å². The van der Waals surface area contributed by atoms with Crippen molar-refractivity contribution in [3.63, 3.8) is 0 Å². The van der Waals surface area contributed by atoms with Crippen molar-refractivity contribution < 1.29 is 33.3 Å². The maximum atomic E-state index is 13.6. The van der Waals surface area contributed by atoms with Crippen LogP contribution in [0, 0.1) is 18.2 Å². The molecule has 0 saturated carbocycles. The quantitative estimate of drug-likeness (QED) is 0.111. The van der Waals surface area contributed by atoms with Crippen LogP contribution in [-0.4, -0.2) is 49.5 Å². The van der Waals surface area contributed by atoms with Crippen LogP contribution in [0.1, 0.15) is 23.4 Å². The van der Waals surface area contributed by atoms with Gasteiger partial charge in [0.1, 0.15) is 11.5 Å². The van der Waals surface area contributed by atoms with Crippen LogP contribution < -0.4 is 9.47 Å². The molecule has 4 aromatic rings. The Bertz CT molecular complexity index is 1690. The van der Waals surface area contributed by atoms with E-state index in [1.807, 2.05) is 0 Å². The highest BCUT2D eigenvalue weighted by Gasteiger charge is 2.33. The number of pyridine rings is 1. The Labute approximate surface area is 279 Å². The van der Waals surface area contributed by atoms with Gasteiger partial charge < -0.3 is 19.3 Å². The van der Waals surface area contributed by atoms with E-state index in [2.05, 4.69) is 21.0 Å². The van der Waals surface area contributed by atoms with E-state index in [1.165, 1.54) is 31.3 Å². The highest BCUT2D eigenvalue weighted by molar-refractivity contribution is 6.66. The standard InChI is InChI=1S/C17H13ClFNO4.C10H4Cl5N3O2/c1-3-8-22-17(21)11(2)23-13-4-6-14(7-5-13)24-16-15(19)9-12(18)10-20-16;11-4-1-2-6(5(12)3-4)18-9(10(13,14)15)16-7(17-18)8(19)20/h1,4-7,9-11H,8H2,2H3;1-3H,(H,19,20)/t11-;/m1./s1. The molecule has 17 heteroatoms. The fraction of sp³-hybridized carbons (Fsp3) is 0.148. The number of aromatic carboxylic acids is 1. The van der Waals surface area contributed by atoms with Crippen molar-refractivity contribution in [2.45, 2.75) is 16.8 Å². The van der Waals surface area contributed by atoms with Crippen LogP contribution in [0.3, 0.4) is 0 Å². The number of carbonyl (C=O) groups is 2. The zero-order chi connectivity index (χ0) is 32.6. The molecule has 0 bridgehead atoms. The number of alkyl halides is 3. The number of nitrogens with zero attached hydrogens (tertiary/aromatic N) is 4. The minimum atomic E-state index is -1.97. The number of ether oxygens (including phenoxy) is 3. The second kappa shape index (κ2) is 15.5. The van der Waals surface area contributed by atoms with E-state index in [0.29, 0.717) is 16.5 Å². The summed E-state index contributed by atoms with van der Waals surface area (Å²) >= 11 is 34.7. The highest BCUT2D eigenvalue weighted by atomic mass is 35.6. The molecule has 2 heterocycles. The van der Waals surface area contributed by atoms with E-state index in [4.69, 9.17) is 95.3 Å². The highest BCUT2D eigenvalue weighted by Crippen LogP contribution is 2.39. The van der Waals surface area contributed by atoms with Crippen LogP contribution in [0.25, 0.3) is 5.69 Å². The molecule has 0 aliphatic carbocycles. The molecular weight excluding hydrogens is 708 g/mol. The molecular formula is C27H17Cl6FN4O6. The Balaban J connectivity index is 0.000000244. The predicted molar refractivity (Wildman–Crippen MR) is 163 cm³/mol. The van der Waals surface area contributed by atoms with Crippen LogP contribution in [0.15, 0.2) is 54.7 Å². The van der Waals surface area contributed by atoms with Crippen LogP contribution in [0.2, 0.25) is 15.1 Å². The largest absolute Gasteiger partial charge is 0.479 e. The van der Waals surface area contributed by atoms with Gasteiger partial charge in [0.05, 0.1) is 15.7 Å². The van der Waals surface area contributed by atoms with Gasteiger partial charge in [-0.05, 0) is 55.5 Å². The molecule has 2 aromatic carbocycles. The average molecular weight is 725 g/mol. The van der Waals surface area contributed by atoms with E-state index in [0.717, 1.165) is 10.7 Å². The number of hydrogen-bond donors (Lipinski definition) is 1. The minimum absolute atomic E-state index is 0.112. The van der Waals surface area contributed by atoms with Gasteiger partial charge in [-0.15, -0.1) is 11.5 Å². The Morgan fingerprint density at radius 1 is 1.07 bits per heavy atom. The number of terminal acetylenes is 1. The van der Waals surface area contributed by atoms with Gasteiger partial charge in [-0.1, -0.05) is 75.5 Å². The lowest BCUT2D eigenvalue weighted by molar-refractivity contribution is -0.149. The van der Waals surface area contributed by atoms with Crippen LogP contribution in [0.4, 0.5) is 4.39 Å². The molecule has 2 aromatic heterocycles. The van der Waals surface area contributed by atoms with Crippen molar-refractivity contribution in [2.24, 2.45) is 0 Å². The van der Waals surface area contributed by atoms with E-state index in [9.17, 15) is 14.0 Å². The Morgan fingerprint density at radius 3 is 2.30 bits per heavy atom. The third kappa shape index (κ3) is 9.75. The summed E-state index contributed by atoms with van der Waals surface area (Å²) in [7, 11) is 0. The Hall–Kier alpha value is -3.50. The first-order valence-corrected chi connectivity index (χ1v) is 14.0. The van der Waals surface area contributed by atoms with E-state index < -0.39 is 33.5 Å². The molecule has 0 aliphatic heterocycles. The third-order valence-corrected chi connectivity index (χ3v) is 6.20. The molecule has 0 fully saturated rings. The Morgan fingerprint density at radius 2 is 1.73 bits per heavy atom. The number of benzene rings is 2. The van der Waals surface area contributed by atoms with Crippen LogP contribution >= 0.6 is 69.6 Å². The van der Waals surface area contributed by atoms with E-state index in [1.54, 1.807) is 24.3 Å². The molecule has 0 saturated heterocycles. The van der Waals surface area contributed by atoms with Gasteiger partial charge in [-0.2, -0.15) is 0 Å². The molecule has 4 rings (SSSR count). The van der Waals surface area contributed by atoms with E-state index >= 15 is 0 Å². The summed E-state index contributed by atoms with van der Waals surface area (Å²) in [6.45, 7) is 1.43. The third-order valence-electron chi connectivity index (χ3n) is 4.94. The number of hydrogen-bond acceptors (Lipinski definition) is 8. The minimum Gasteiger partial charge on any atom is -0.479 e.